The number of nitrogens with one attached hydrogen (secondary N) is 2. The fourth-order valence-electron chi connectivity index (χ4n) is 4.09. The number of carbonyl (C=O) groups is 1. The molecule has 4 aromatic rings. The molecule has 0 bridgehead atoms. The monoisotopic (exact) mass is 465 g/mol. The second-order valence-corrected chi connectivity index (χ2v) is 7.99. The Bertz CT molecular complexity index is 1270. The lowest BCUT2D eigenvalue weighted by molar-refractivity contribution is 0.102. The highest BCUT2D eigenvalue weighted by molar-refractivity contribution is 6.06. The Morgan fingerprint density at radius 1 is 1.00 bits per heavy atom. The van der Waals surface area contributed by atoms with Crippen LogP contribution in [0, 0.1) is 5.82 Å². The minimum Gasteiger partial charge on any atom is -0.456 e. The van der Waals surface area contributed by atoms with Crippen molar-refractivity contribution in [1.82, 2.24) is 10.2 Å². The standard InChI is InChI=1S/C26H24FN3O2.ClH/c27-22-7-3-1-5-20(22)26(31)29-23-8-4-2-6-21(23)25-16-19-15-18(9-10-24(19)32-25)17-30-13-11-28-12-14-30;/h1-10,15-16,28H,11-14,17H2,(H,29,31);1H. The third kappa shape index (κ3) is 5.09. The molecule has 1 amide bonds. The number of para-hydroxylation sites is 1. The Kier molecular flexibility index (Phi) is 7.08. The van der Waals surface area contributed by atoms with E-state index in [1.807, 2.05) is 30.3 Å². The number of fused-ring (bicyclic) bond motifs is 1. The summed E-state index contributed by atoms with van der Waals surface area (Å²) in [5, 5.41) is 7.22. The van der Waals surface area contributed by atoms with Crippen molar-refractivity contribution < 1.29 is 13.6 Å². The molecular weight excluding hydrogens is 441 g/mol. The summed E-state index contributed by atoms with van der Waals surface area (Å²) in [5.74, 6) is -0.392. The molecule has 0 aliphatic carbocycles. The van der Waals surface area contributed by atoms with Crippen molar-refractivity contribution in [3.8, 4) is 11.3 Å². The summed E-state index contributed by atoms with van der Waals surface area (Å²) in [6, 6.07) is 21.6. The molecular formula is C26H25ClFN3O2. The van der Waals surface area contributed by atoms with Gasteiger partial charge < -0.3 is 15.1 Å². The smallest absolute Gasteiger partial charge is 0.258 e. The van der Waals surface area contributed by atoms with E-state index in [0.717, 1.165) is 49.3 Å². The van der Waals surface area contributed by atoms with Gasteiger partial charge in [-0.25, -0.2) is 4.39 Å². The first kappa shape index (κ1) is 23.0. The third-order valence-electron chi connectivity index (χ3n) is 5.76. The molecule has 5 rings (SSSR count). The van der Waals surface area contributed by atoms with Gasteiger partial charge in [-0.2, -0.15) is 0 Å². The number of amides is 1. The van der Waals surface area contributed by atoms with E-state index in [1.54, 1.807) is 18.2 Å². The Hall–Kier alpha value is -3.19. The fourth-order valence-corrected chi connectivity index (χ4v) is 4.09. The van der Waals surface area contributed by atoms with Crippen molar-refractivity contribution in [2.75, 3.05) is 31.5 Å². The number of benzene rings is 3. The van der Waals surface area contributed by atoms with E-state index >= 15 is 0 Å². The highest BCUT2D eigenvalue weighted by Crippen LogP contribution is 2.33. The predicted molar refractivity (Wildman–Crippen MR) is 131 cm³/mol. The minimum atomic E-state index is -0.553. The van der Waals surface area contributed by atoms with Crippen molar-refractivity contribution in [1.29, 1.82) is 0 Å². The quantitative estimate of drug-likeness (QED) is 0.419. The maximum atomic E-state index is 14.0. The first-order valence-corrected chi connectivity index (χ1v) is 10.8. The zero-order valence-corrected chi connectivity index (χ0v) is 18.8. The van der Waals surface area contributed by atoms with Crippen LogP contribution in [0.2, 0.25) is 0 Å². The zero-order chi connectivity index (χ0) is 21.9. The molecule has 170 valence electrons. The lowest BCUT2D eigenvalue weighted by Crippen LogP contribution is -2.42. The van der Waals surface area contributed by atoms with Crippen LogP contribution >= 0.6 is 12.4 Å². The highest BCUT2D eigenvalue weighted by Gasteiger charge is 2.16. The van der Waals surface area contributed by atoms with Crippen LogP contribution in [0.3, 0.4) is 0 Å². The third-order valence-corrected chi connectivity index (χ3v) is 5.76. The molecule has 1 aliphatic heterocycles. The molecule has 2 N–H and O–H groups in total. The predicted octanol–water partition coefficient (Wildman–Crippen LogP) is 5.32. The molecule has 1 saturated heterocycles. The van der Waals surface area contributed by atoms with Gasteiger partial charge in [-0.15, -0.1) is 12.4 Å². The summed E-state index contributed by atoms with van der Waals surface area (Å²) in [5.41, 5.74) is 3.36. The van der Waals surface area contributed by atoms with Crippen LogP contribution in [0.1, 0.15) is 15.9 Å². The van der Waals surface area contributed by atoms with Crippen LogP contribution in [-0.4, -0.2) is 37.0 Å². The number of halogens is 2. The summed E-state index contributed by atoms with van der Waals surface area (Å²) in [7, 11) is 0. The van der Waals surface area contributed by atoms with Crippen LogP contribution in [0.15, 0.2) is 77.2 Å². The van der Waals surface area contributed by atoms with E-state index in [9.17, 15) is 9.18 Å². The van der Waals surface area contributed by atoms with Gasteiger partial charge in [-0.3, -0.25) is 9.69 Å². The van der Waals surface area contributed by atoms with Gasteiger partial charge in [0.25, 0.3) is 5.91 Å². The number of carbonyl (C=O) groups excluding carboxylic acids is 1. The van der Waals surface area contributed by atoms with Crippen molar-refractivity contribution >= 4 is 35.0 Å². The van der Waals surface area contributed by atoms with Gasteiger partial charge in [-0.1, -0.05) is 30.3 Å². The summed E-state index contributed by atoms with van der Waals surface area (Å²) in [6.45, 7) is 5.04. The van der Waals surface area contributed by atoms with E-state index in [0.29, 0.717) is 11.4 Å². The molecule has 0 radical (unpaired) electrons. The van der Waals surface area contributed by atoms with Crippen molar-refractivity contribution in [2.24, 2.45) is 0 Å². The molecule has 7 heteroatoms. The lowest BCUT2D eigenvalue weighted by atomic mass is 10.1. The molecule has 1 aromatic heterocycles. The summed E-state index contributed by atoms with van der Waals surface area (Å²) < 4.78 is 20.1. The number of rotatable bonds is 5. The number of anilines is 1. The van der Waals surface area contributed by atoms with Crippen LogP contribution in [0.4, 0.5) is 10.1 Å². The molecule has 1 aliphatic rings. The van der Waals surface area contributed by atoms with Gasteiger partial charge in [0.1, 0.15) is 17.2 Å². The Morgan fingerprint density at radius 2 is 1.76 bits per heavy atom. The van der Waals surface area contributed by atoms with E-state index in [2.05, 4.69) is 27.7 Å². The topological polar surface area (TPSA) is 57.5 Å². The van der Waals surface area contributed by atoms with E-state index in [-0.39, 0.29) is 18.0 Å². The Balaban J connectivity index is 0.00000259. The molecule has 2 heterocycles. The van der Waals surface area contributed by atoms with Crippen LogP contribution in [-0.2, 0) is 6.54 Å². The average molecular weight is 466 g/mol. The second-order valence-electron chi connectivity index (χ2n) is 7.99. The van der Waals surface area contributed by atoms with Crippen LogP contribution in [0.5, 0.6) is 0 Å². The zero-order valence-electron chi connectivity index (χ0n) is 18.0. The fraction of sp³-hybridized carbons (Fsp3) is 0.192. The molecule has 3 aromatic carbocycles. The van der Waals surface area contributed by atoms with Gasteiger partial charge in [0.05, 0.1) is 11.3 Å². The summed E-state index contributed by atoms with van der Waals surface area (Å²) in [4.78, 5) is 15.1. The maximum Gasteiger partial charge on any atom is 0.258 e. The largest absolute Gasteiger partial charge is 0.456 e. The molecule has 0 saturated carbocycles. The first-order chi connectivity index (χ1) is 15.7. The van der Waals surface area contributed by atoms with Crippen molar-refractivity contribution in [3.63, 3.8) is 0 Å². The molecule has 5 nitrogen and oxygen atoms in total. The lowest BCUT2D eigenvalue weighted by Gasteiger charge is -2.27. The number of nitrogens with zero attached hydrogens (tertiary/aromatic N) is 1. The summed E-state index contributed by atoms with van der Waals surface area (Å²) in [6.07, 6.45) is 0. The first-order valence-electron chi connectivity index (χ1n) is 10.8. The van der Waals surface area contributed by atoms with Crippen LogP contribution in [0.25, 0.3) is 22.3 Å². The van der Waals surface area contributed by atoms with Gasteiger partial charge in [0, 0.05) is 43.7 Å². The second kappa shape index (κ2) is 10.2. The van der Waals surface area contributed by atoms with Gasteiger partial charge in [0.2, 0.25) is 0 Å². The van der Waals surface area contributed by atoms with Crippen LogP contribution < -0.4 is 10.6 Å². The number of piperazine rings is 1. The Morgan fingerprint density at radius 3 is 2.58 bits per heavy atom. The van der Waals surface area contributed by atoms with Crippen molar-refractivity contribution in [3.05, 3.63) is 89.7 Å². The van der Waals surface area contributed by atoms with E-state index in [1.165, 1.54) is 17.7 Å². The average Bonchev–Trinajstić information content (AvgIpc) is 3.23. The summed E-state index contributed by atoms with van der Waals surface area (Å²) >= 11 is 0. The SMILES string of the molecule is Cl.O=C(Nc1ccccc1-c1cc2cc(CN3CCNCC3)ccc2o1)c1ccccc1F. The molecule has 0 spiro atoms. The molecule has 0 atom stereocenters. The maximum absolute atomic E-state index is 14.0. The highest BCUT2D eigenvalue weighted by atomic mass is 35.5. The molecule has 33 heavy (non-hydrogen) atoms. The van der Waals surface area contributed by atoms with Crippen molar-refractivity contribution in [2.45, 2.75) is 6.54 Å². The molecule has 1 fully saturated rings. The van der Waals surface area contributed by atoms with Gasteiger partial charge >= 0.3 is 0 Å². The molecule has 0 unspecified atom stereocenters. The number of hydrogen-bond acceptors (Lipinski definition) is 4. The number of hydrogen-bond donors (Lipinski definition) is 2. The van der Waals surface area contributed by atoms with E-state index < -0.39 is 11.7 Å². The normalized spacial score (nSPS) is 14.1. The van der Waals surface area contributed by atoms with E-state index in [4.69, 9.17) is 4.42 Å². The van der Waals surface area contributed by atoms with Gasteiger partial charge in [-0.05, 0) is 48.0 Å². The Labute approximate surface area is 198 Å². The van der Waals surface area contributed by atoms with Gasteiger partial charge in [0.15, 0.2) is 0 Å². The number of furan rings is 1. The minimum absolute atomic E-state index is 0.